The average Bonchev–Trinajstić information content (AvgIpc) is 2.03. The zero-order chi connectivity index (χ0) is 9.57. The summed E-state index contributed by atoms with van der Waals surface area (Å²) < 4.78 is 51.3. The maximum atomic E-state index is 10.8. The monoisotopic (exact) mass is 234 g/mol. The first-order valence-corrected chi connectivity index (χ1v) is 6.79. The lowest BCUT2D eigenvalue weighted by Gasteiger charge is -2.05. The van der Waals surface area contributed by atoms with Crippen molar-refractivity contribution in [1.29, 1.82) is 0 Å². The third kappa shape index (κ3) is 2.09. The summed E-state index contributed by atoms with van der Waals surface area (Å²) in [6, 6.07) is 0. The first-order chi connectivity index (χ1) is 5.22. The molecule has 1 aliphatic heterocycles. The van der Waals surface area contributed by atoms with E-state index in [4.69, 9.17) is 16.2 Å². The predicted octanol–water partition coefficient (Wildman–Crippen LogP) is -0.721. The fraction of sp³-hybridized carbons (Fsp3) is 1.00. The molecule has 0 spiro atoms. The molecule has 5 nitrogen and oxygen atoms in total. The quantitative estimate of drug-likeness (QED) is 0.478. The van der Waals surface area contributed by atoms with Crippen LogP contribution in [0.15, 0.2) is 0 Å². The SMILES string of the molecule is O=S1(=O)C[C@@H](Cl)[C@H](S(=O)(=O)O)C1. The van der Waals surface area contributed by atoms with Crippen LogP contribution in [0.5, 0.6) is 0 Å². The van der Waals surface area contributed by atoms with E-state index >= 15 is 0 Å². The second-order valence-corrected chi connectivity index (χ2v) is 7.00. The van der Waals surface area contributed by atoms with Crippen LogP contribution < -0.4 is 0 Å². The van der Waals surface area contributed by atoms with E-state index in [0.717, 1.165) is 0 Å². The molecule has 1 N–H and O–H groups in total. The molecule has 0 aromatic carbocycles. The molecule has 0 unspecified atom stereocenters. The maximum absolute atomic E-state index is 10.8. The highest BCUT2D eigenvalue weighted by atomic mass is 35.5. The molecule has 1 saturated heterocycles. The Hall–Kier alpha value is 0.150. The molecule has 1 aliphatic rings. The third-order valence-electron chi connectivity index (χ3n) is 1.62. The molecular weight excluding hydrogens is 228 g/mol. The van der Waals surface area contributed by atoms with Crippen LogP contribution in [-0.4, -0.2) is 43.5 Å². The van der Waals surface area contributed by atoms with Gasteiger partial charge >= 0.3 is 0 Å². The second kappa shape index (κ2) is 2.83. The highest BCUT2D eigenvalue weighted by Gasteiger charge is 2.43. The van der Waals surface area contributed by atoms with Crippen molar-refractivity contribution in [1.82, 2.24) is 0 Å². The lowest BCUT2D eigenvalue weighted by molar-refractivity contribution is 0.471. The van der Waals surface area contributed by atoms with Crippen LogP contribution in [0.3, 0.4) is 0 Å². The molecule has 2 atom stereocenters. The van der Waals surface area contributed by atoms with Crippen LogP contribution in [-0.2, 0) is 20.0 Å². The van der Waals surface area contributed by atoms with E-state index in [1.54, 1.807) is 0 Å². The van der Waals surface area contributed by atoms with Gasteiger partial charge in [0, 0.05) is 0 Å². The van der Waals surface area contributed by atoms with E-state index in [1.165, 1.54) is 0 Å². The van der Waals surface area contributed by atoms with Crippen molar-refractivity contribution in [2.45, 2.75) is 10.6 Å². The fourth-order valence-electron chi connectivity index (χ4n) is 1.05. The van der Waals surface area contributed by atoms with Crippen LogP contribution in [0.25, 0.3) is 0 Å². The Balaban J connectivity index is 3.01. The molecule has 1 rings (SSSR count). The molecule has 8 heteroatoms. The topological polar surface area (TPSA) is 88.5 Å². The summed E-state index contributed by atoms with van der Waals surface area (Å²) in [5.41, 5.74) is 0. The molecule has 0 aliphatic carbocycles. The molecule has 0 amide bonds. The molecule has 0 aromatic rings. The van der Waals surface area contributed by atoms with Crippen LogP contribution in [0, 0.1) is 0 Å². The van der Waals surface area contributed by atoms with Crippen molar-refractivity contribution in [3.05, 3.63) is 0 Å². The largest absolute Gasteiger partial charge is 0.285 e. The van der Waals surface area contributed by atoms with Gasteiger partial charge in [-0.25, -0.2) is 8.42 Å². The lowest BCUT2D eigenvalue weighted by Crippen LogP contribution is -2.28. The van der Waals surface area contributed by atoms with Crippen molar-refractivity contribution < 1.29 is 21.4 Å². The zero-order valence-corrected chi connectivity index (χ0v) is 8.23. The van der Waals surface area contributed by atoms with Crippen molar-refractivity contribution in [2.75, 3.05) is 11.5 Å². The minimum atomic E-state index is -4.33. The first kappa shape index (κ1) is 10.2. The molecule has 1 heterocycles. The van der Waals surface area contributed by atoms with Crippen molar-refractivity contribution in [3.8, 4) is 0 Å². The van der Waals surface area contributed by atoms with Gasteiger partial charge in [0.15, 0.2) is 9.84 Å². The van der Waals surface area contributed by atoms with Gasteiger partial charge in [0.1, 0.15) is 5.25 Å². The van der Waals surface area contributed by atoms with Crippen LogP contribution >= 0.6 is 11.6 Å². The Kier molecular flexibility index (Phi) is 2.41. The summed E-state index contributed by atoms with van der Waals surface area (Å²) in [6.45, 7) is 0. The predicted molar refractivity (Wildman–Crippen MR) is 43.6 cm³/mol. The third-order valence-corrected chi connectivity index (χ3v) is 5.61. The van der Waals surface area contributed by atoms with Crippen LogP contribution in [0.4, 0.5) is 0 Å². The van der Waals surface area contributed by atoms with Crippen molar-refractivity contribution >= 4 is 31.6 Å². The summed E-state index contributed by atoms with van der Waals surface area (Å²) in [4.78, 5) is 0. The summed E-state index contributed by atoms with van der Waals surface area (Å²) in [6.07, 6.45) is 0. The van der Waals surface area contributed by atoms with Gasteiger partial charge in [0.25, 0.3) is 10.1 Å². The highest BCUT2D eigenvalue weighted by molar-refractivity contribution is 7.94. The van der Waals surface area contributed by atoms with Crippen molar-refractivity contribution in [2.24, 2.45) is 0 Å². The second-order valence-electron chi connectivity index (χ2n) is 2.65. The van der Waals surface area contributed by atoms with Crippen LogP contribution in [0.2, 0.25) is 0 Å². The number of hydrogen-bond donors (Lipinski definition) is 1. The molecular formula is C4H7ClO5S2. The Labute approximate surface area is 75.4 Å². The van der Waals surface area contributed by atoms with E-state index in [9.17, 15) is 16.8 Å². The zero-order valence-electron chi connectivity index (χ0n) is 5.84. The smallest absolute Gasteiger partial charge is 0.270 e. The number of hydrogen-bond acceptors (Lipinski definition) is 4. The summed E-state index contributed by atoms with van der Waals surface area (Å²) in [5.74, 6) is -0.973. The Morgan fingerprint density at radius 1 is 1.33 bits per heavy atom. The summed E-state index contributed by atoms with van der Waals surface area (Å²) >= 11 is 5.43. The standard InChI is InChI=1S/C4H7ClO5S2/c5-3-1-11(6,7)2-4(3)12(8,9)10/h3-4H,1-2H2,(H,8,9,10)/t3-,4-/m1/s1. The highest BCUT2D eigenvalue weighted by Crippen LogP contribution is 2.23. The summed E-state index contributed by atoms with van der Waals surface area (Å²) in [5, 5.41) is -2.41. The number of halogens is 1. The van der Waals surface area contributed by atoms with E-state index in [0.29, 0.717) is 0 Å². The number of alkyl halides is 1. The van der Waals surface area contributed by atoms with E-state index in [-0.39, 0.29) is 5.75 Å². The Morgan fingerprint density at radius 3 is 2.00 bits per heavy atom. The van der Waals surface area contributed by atoms with Gasteiger partial charge in [0.05, 0.1) is 16.9 Å². The summed E-state index contributed by atoms with van der Waals surface area (Å²) in [7, 11) is -7.73. The number of sulfone groups is 1. The molecule has 12 heavy (non-hydrogen) atoms. The van der Waals surface area contributed by atoms with E-state index < -0.39 is 36.3 Å². The van der Waals surface area contributed by atoms with E-state index in [2.05, 4.69) is 0 Å². The molecule has 0 bridgehead atoms. The van der Waals surface area contributed by atoms with Gasteiger partial charge in [-0.1, -0.05) is 0 Å². The van der Waals surface area contributed by atoms with Crippen molar-refractivity contribution in [3.63, 3.8) is 0 Å². The lowest BCUT2D eigenvalue weighted by atomic mass is 10.4. The van der Waals surface area contributed by atoms with Gasteiger partial charge in [-0.3, -0.25) is 4.55 Å². The molecule has 0 saturated carbocycles. The Morgan fingerprint density at radius 2 is 1.83 bits per heavy atom. The van der Waals surface area contributed by atoms with Gasteiger partial charge in [-0.2, -0.15) is 8.42 Å². The fourth-order valence-corrected chi connectivity index (χ4v) is 5.69. The minimum Gasteiger partial charge on any atom is -0.285 e. The van der Waals surface area contributed by atoms with Gasteiger partial charge < -0.3 is 0 Å². The number of rotatable bonds is 1. The first-order valence-electron chi connectivity index (χ1n) is 3.03. The molecule has 1 fully saturated rings. The van der Waals surface area contributed by atoms with Gasteiger partial charge in [-0.05, 0) is 0 Å². The van der Waals surface area contributed by atoms with E-state index in [1.807, 2.05) is 0 Å². The average molecular weight is 235 g/mol. The van der Waals surface area contributed by atoms with Gasteiger partial charge in [-0.15, -0.1) is 11.6 Å². The normalized spacial score (nSPS) is 35.2. The van der Waals surface area contributed by atoms with Crippen LogP contribution in [0.1, 0.15) is 0 Å². The molecule has 72 valence electrons. The molecule has 0 radical (unpaired) electrons. The maximum Gasteiger partial charge on any atom is 0.270 e. The molecule has 0 aromatic heterocycles. The Bertz CT molecular complexity index is 368. The minimum absolute atomic E-state index is 0.390. The van der Waals surface area contributed by atoms with Gasteiger partial charge in [0.2, 0.25) is 0 Å².